The zero-order valence-corrected chi connectivity index (χ0v) is 14.7. The Labute approximate surface area is 145 Å². The summed E-state index contributed by atoms with van der Waals surface area (Å²) in [6, 6.07) is 9.69. The van der Waals surface area contributed by atoms with Crippen LogP contribution in [0.5, 0.6) is 0 Å². The molecule has 1 N–H and O–H groups in total. The number of nitrogens with one attached hydrogen (secondary N) is 1. The molecule has 1 aromatic heterocycles. The van der Waals surface area contributed by atoms with Crippen molar-refractivity contribution in [1.82, 2.24) is 10.3 Å². The van der Waals surface area contributed by atoms with Gasteiger partial charge in [0.05, 0.1) is 23.2 Å². The summed E-state index contributed by atoms with van der Waals surface area (Å²) >= 11 is 1.56. The Hall–Kier alpha value is -2.27. The second kappa shape index (κ2) is 7.09. The number of hydrogen-bond donors (Lipinski definition) is 1. The first kappa shape index (κ1) is 16.6. The lowest BCUT2D eigenvalue weighted by molar-refractivity contribution is -0.122. The number of thiazole rings is 1. The normalized spacial score (nSPS) is 15.7. The van der Waals surface area contributed by atoms with Crippen molar-refractivity contribution in [1.29, 1.82) is 0 Å². The van der Waals surface area contributed by atoms with Crippen molar-refractivity contribution in [2.75, 3.05) is 0 Å². The van der Waals surface area contributed by atoms with E-state index in [0.717, 1.165) is 21.8 Å². The van der Waals surface area contributed by atoms with E-state index in [1.807, 2.05) is 49.6 Å². The minimum atomic E-state index is -0.153. The molecule has 1 aromatic carbocycles. The molecule has 0 radical (unpaired) electrons. The minimum Gasteiger partial charge on any atom is -0.348 e. The molecule has 5 heteroatoms. The number of nitrogens with zero attached hydrogens (tertiary/aromatic N) is 1. The van der Waals surface area contributed by atoms with Crippen molar-refractivity contribution < 1.29 is 9.59 Å². The third-order valence-corrected chi connectivity index (χ3v) is 5.01. The predicted octanol–water partition coefficient (Wildman–Crippen LogP) is 3.84. The van der Waals surface area contributed by atoms with Crippen LogP contribution in [0.1, 0.15) is 48.5 Å². The van der Waals surface area contributed by atoms with Crippen LogP contribution in [0.4, 0.5) is 0 Å². The third-order valence-electron chi connectivity index (χ3n) is 4.22. The summed E-state index contributed by atoms with van der Waals surface area (Å²) in [4.78, 5) is 29.0. The Bertz CT molecular complexity index is 793. The molecule has 1 aliphatic carbocycles. The number of Topliss-reactive ketones (excluding diaryl/α,β-unsaturated/α-hetero) is 1. The maximum absolute atomic E-state index is 12.4. The Balaban J connectivity index is 1.73. The van der Waals surface area contributed by atoms with Crippen molar-refractivity contribution in [2.45, 2.75) is 39.2 Å². The topological polar surface area (TPSA) is 59.1 Å². The van der Waals surface area contributed by atoms with Gasteiger partial charge in [-0.2, -0.15) is 0 Å². The molecule has 0 fully saturated rings. The number of benzene rings is 1. The van der Waals surface area contributed by atoms with Gasteiger partial charge < -0.3 is 5.32 Å². The fourth-order valence-electron chi connectivity index (χ4n) is 2.98. The van der Waals surface area contributed by atoms with Gasteiger partial charge in [-0.15, -0.1) is 11.3 Å². The monoisotopic (exact) mass is 340 g/mol. The lowest BCUT2D eigenvalue weighted by Gasteiger charge is -2.13. The predicted molar refractivity (Wildman–Crippen MR) is 95.6 cm³/mol. The number of aromatic nitrogens is 1. The quantitative estimate of drug-likeness (QED) is 0.900. The molecule has 0 aliphatic heterocycles. The highest BCUT2D eigenvalue weighted by atomic mass is 32.1. The molecule has 4 nitrogen and oxygen atoms in total. The van der Waals surface area contributed by atoms with Gasteiger partial charge in [0.15, 0.2) is 5.78 Å². The SMILES string of the molecule is Cc1nc([C@@H](C)NC(=O)CC2=C(c3ccccc3)CCC2=O)cs1. The zero-order valence-electron chi connectivity index (χ0n) is 13.8. The average Bonchev–Trinajstić information content (AvgIpc) is 3.15. The van der Waals surface area contributed by atoms with Gasteiger partial charge in [-0.3, -0.25) is 9.59 Å². The summed E-state index contributed by atoms with van der Waals surface area (Å²) in [5.74, 6) is -0.0482. The smallest absolute Gasteiger partial charge is 0.225 e. The first-order chi connectivity index (χ1) is 11.5. The van der Waals surface area contributed by atoms with Crippen LogP contribution in [0.25, 0.3) is 5.57 Å². The Morgan fingerprint density at radius 2 is 2.04 bits per heavy atom. The molecule has 3 rings (SSSR count). The van der Waals surface area contributed by atoms with Crippen molar-refractivity contribution in [2.24, 2.45) is 0 Å². The van der Waals surface area contributed by atoms with E-state index in [1.165, 1.54) is 0 Å². The van der Waals surface area contributed by atoms with Gasteiger partial charge >= 0.3 is 0 Å². The molecule has 124 valence electrons. The Morgan fingerprint density at radius 1 is 1.29 bits per heavy atom. The van der Waals surface area contributed by atoms with Gasteiger partial charge in [-0.1, -0.05) is 30.3 Å². The highest BCUT2D eigenvalue weighted by Crippen LogP contribution is 2.33. The second-order valence-corrected chi connectivity index (χ2v) is 7.07. The van der Waals surface area contributed by atoms with Crippen molar-refractivity contribution in [3.63, 3.8) is 0 Å². The Kier molecular flexibility index (Phi) is 4.90. The average molecular weight is 340 g/mol. The number of carbonyl (C=O) groups excluding carboxylic acids is 2. The number of amides is 1. The molecule has 1 atom stereocenters. The maximum atomic E-state index is 12.4. The van der Waals surface area contributed by atoms with E-state index >= 15 is 0 Å². The van der Waals surface area contributed by atoms with Gasteiger partial charge in [0.2, 0.25) is 5.91 Å². The van der Waals surface area contributed by atoms with E-state index in [4.69, 9.17) is 0 Å². The number of hydrogen-bond acceptors (Lipinski definition) is 4. The summed E-state index contributed by atoms with van der Waals surface area (Å²) in [7, 11) is 0. The van der Waals surface area contributed by atoms with Crippen LogP contribution in [-0.4, -0.2) is 16.7 Å². The standard InChI is InChI=1S/C19H20N2O2S/c1-12(17-11-24-13(2)21-17)20-19(23)10-16-15(8-9-18(16)22)14-6-4-3-5-7-14/h3-7,11-12H,8-10H2,1-2H3,(H,20,23)/t12-/m1/s1. The van der Waals surface area contributed by atoms with E-state index in [0.29, 0.717) is 18.4 Å². The van der Waals surface area contributed by atoms with Gasteiger partial charge in [0.1, 0.15) is 0 Å². The van der Waals surface area contributed by atoms with Gasteiger partial charge in [-0.25, -0.2) is 4.98 Å². The second-order valence-electron chi connectivity index (χ2n) is 6.00. The summed E-state index contributed by atoms with van der Waals surface area (Å²) in [6.07, 6.45) is 1.34. The molecule has 0 bridgehead atoms. The zero-order chi connectivity index (χ0) is 17.1. The number of allylic oxidation sites excluding steroid dienone is 1. The first-order valence-electron chi connectivity index (χ1n) is 8.06. The lowest BCUT2D eigenvalue weighted by atomic mass is 10.00. The molecular weight excluding hydrogens is 320 g/mol. The minimum absolute atomic E-state index is 0.0844. The molecule has 0 unspecified atom stereocenters. The van der Waals surface area contributed by atoms with Gasteiger partial charge in [0.25, 0.3) is 0 Å². The van der Waals surface area contributed by atoms with Crippen molar-refractivity contribution >= 4 is 28.6 Å². The number of rotatable bonds is 5. The van der Waals surface area contributed by atoms with Crippen LogP contribution in [-0.2, 0) is 9.59 Å². The largest absolute Gasteiger partial charge is 0.348 e. The van der Waals surface area contributed by atoms with Gasteiger partial charge in [0, 0.05) is 17.4 Å². The molecule has 1 heterocycles. The summed E-state index contributed by atoms with van der Waals surface area (Å²) < 4.78 is 0. The fraction of sp³-hybridized carbons (Fsp3) is 0.316. The molecular formula is C19H20N2O2S. The van der Waals surface area contributed by atoms with E-state index in [2.05, 4.69) is 10.3 Å². The van der Waals surface area contributed by atoms with Crippen LogP contribution < -0.4 is 5.32 Å². The summed E-state index contributed by atoms with van der Waals surface area (Å²) in [5, 5.41) is 5.88. The first-order valence-corrected chi connectivity index (χ1v) is 8.94. The number of ketones is 1. The number of aryl methyl sites for hydroxylation is 1. The van der Waals surface area contributed by atoms with Crippen LogP contribution in [0.3, 0.4) is 0 Å². The van der Waals surface area contributed by atoms with E-state index < -0.39 is 0 Å². The molecule has 1 amide bonds. The highest BCUT2D eigenvalue weighted by Gasteiger charge is 2.26. The van der Waals surface area contributed by atoms with Crippen LogP contribution >= 0.6 is 11.3 Å². The van der Waals surface area contributed by atoms with Crippen molar-refractivity contribution in [3.05, 3.63) is 57.6 Å². The number of carbonyl (C=O) groups is 2. The van der Waals surface area contributed by atoms with Crippen molar-refractivity contribution in [3.8, 4) is 0 Å². The summed E-state index contributed by atoms with van der Waals surface area (Å²) in [5.41, 5.74) is 3.56. The molecule has 0 saturated carbocycles. The third kappa shape index (κ3) is 3.62. The van der Waals surface area contributed by atoms with E-state index in [9.17, 15) is 9.59 Å². The maximum Gasteiger partial charge on any atom is 0.225 e. The molecule has 24 heavy (non-hydrogen) atoms. The molecule has 2 aromatic rings. The Morgan fingerprint density at radius 3 is 2.71 bits per heavy atom. The van der Waals surface area contributed by atoms with Crippen LogP contribution in [0.15, 0.2) is 41.3 Å². The van der Waals surface area contributed by atoms with Gasteiger partial charge in [-0.05, 0) is 31.4 Å². The highest BCUT2D eigenvalue weighted by molar-refractivity contribution is 7.09. The van der Waals surface area contributed by atoms with Crippen LogP contribution in [0, 0.1) is 6.92 Å². The molecule has 0 spiro atoms. The van der Waals surface area contributed by atoms with Crippen LogP contribution in [0.2, 0.25) is 0 Å². The molecule has 1 aliphatic rings. The summed E-state index contributed by atoms with van der Waals surface area (Å²) in [6.45, 7) is 3.85. The van der Waals surface area contributed by atoms with E-state index in [1.54, 1.807) is 11.3 Å². The van der Waals surface area contributed by atoms with E-state index in [-0.39, 0.29) is 24.2 Å². The fourth-order valence-corrected chi connectivity index (χ4v) is 3.68. The molecule has 0 saturated heterocycles. The lowest BCUT2D eigenvalue weighted by Crippen LogP contribution is -2.27.